The summed E-state index contributed by atoms with van der Waals surface area (Å²) in [5.41, 5.74) is 0.853. The molecule has 106 valence electrons. The Labute approximate surface area is 130 Å². The molecule has 1 N–H and O–H groups in total. The number of nitro groups is 1. The summed E-state index contributed by atoms with van der Waals surface area (Å²) < 4.78 is 0.722. The van der Waals surface area contributed by atoms with Crippen molar-refractivity contribution in [2.24, 2.45) is 0 Å². The summed E-state index contributed by atoms with van der Waals surface area (Å²) in [4.78, 5) is 12.0. The lowest BCUT2D eigenvalue weighted by Crippen LogP contribution is -2.27. The van der Waals surface area contributed by atoms with Gasteiger partial charge in [-0.3, -0.25) is 10.1 Å². The Hall–Kier alpha value is -1.24. The van der Waals surface area contributed by atoms with Crippen molar-refractivity contribution in [3.8, 4) is 0 Å². The second kappa shape index (κ2) is 6.97. The molecule has 2 rings (SSSR count). The lowest BCUT2D eigenvalue weighted by Gasteiger charge is -2.13. The van der Waals surface area contributed by atoms with Crippen molar-refractivity contribution < 1.29 is 4.92 Å². The highest BCUT2D eigenvalue weighted by Crippen LogP contribution is 2.23. The van der Waals surface area contributed by atoms with E-state index >= 15 is 0 Å². The molecule has 0 amide bonds. The van der Waals surface area contributed by atoms with Gasteiger partial charge < -0.3 is 5.32 Å². The summed E-state index contributed by atoms with van der Waals surface area (Å²) in [5, 5.41) is 16.4. The maximum atomic E-state index is 11.0. The average molecular weight is 355 g/mol. The third-order valence-corrected chi connectivity index (χ3v) is 4.36. The van der Waals surface area contributed by atoms with Crippen LogP contribution >= 0.6 is 27.3 Å². The molecule has 0 aliphatic carbocycles. The minimum atomic E-state index is -0.342. The van der Waals surface area contributed by atoms with Gasteiger partial charge in [-0.15, -0.1) is 11.3 Å². The van der Waals surface area contributed by atoms with Crippen LogP contribution in [0, 0.1) is 10.1 Å². The molecule has 0 aliphatic heterocycles. The van der Waals surface area contributed by atoms with Crippen LogP contribution in [0.4, 0.5) is 5.69 Å². The van der Waals surface area contributed by atoms with Crippen molar-refractivity contribution in [2.45, 2.75) is 25.9 Å². The summed E-state index contributed by atoms with van der Waals surface area (Å²) in [6, 6.07) is 9.57. The summed E-state index contributed by atoms with van der Waals surface area (Å²) in [5.74, 6) is 0. The zero-order valence-corrected chi connectivity index (χ0v) is 13.4. The molecule has 20 heavy (non-hydrogen) atoms. The van der Waals surface area contributed by atoms with Crippen LogP contribution < -0.4 is 5.32 Å². The number of hydrogen-bond donors (Lipinski definition) is 1. The van der Waals surface area contributed by atoms with Crippen LogP contribution in [0.3, 0.4) is 0 Å². The fourth-order valence-corrected chi connectivity index (χ4v) is 3.13. The van der Waals surface area contributed by atoms with Gasteiger partial charge in [-0.2, -0.15) is 0 Å². The highest BCUT2D eigenvalue weighted by atomic mass is 79.9. The van der Waals surface area contributed by atoms with Gasteiger partial charge in [0.2, 0.25) is 0 Å². The second-order valence-electron chi connectivity index (χ2n) is 4.60. The van der Waals surface area contributed by atoms with E-state index in [9.17, 15) is 10.1 Å². The molecule has 1 aromatic carbocycles. The van der Waals surface area contributed by atoms with Gasteiger partial charge in [0.25, 0.3) is 5.69 Å². The molecular weight excluding hydrogens is 340 g/mol. The summed E-state index contributed by atoms with van der Waals surface area (Å²) >= 11 is 4.99. The van der Waals surface area contributed by atoms with Gasteiger partial charge in [-0.1, -0.05) is 22.0 Å². The quantitative estimate of drug-likeness (QED) is 0.626. The second-order valence-corrected chi connectivity index (χ2v) is 6.54. The normalized spacial score (nSPS) is 12.3. The van der Waals surface area contributed by atoms with Gasteiger partial charge in [0.05, 0.1) is 4.92 Å². The van der Waals surface area contributed by atoms with Crippen LogP contribution in [0.2, 0.25) is 0 Å². The zero-order valence-electron chi connectivity index (χ0n) is 11.0. The van der Waals surface area contributed by atoms with Crippen molar-refractivity contribution >= 4 is 33.0 Å². The average Bonchev–Trinajstić information content (AvgIpc) is 2.90. The minimum Gasteiger partial charge on any atom is -0.310 e. The molecule has 0 bridgehead atoms. The molecule has 1 aromatic heterocycles. The SMILES string of the molecule is CC(Cc1cccs1)NCc1ccc(Br)cc1[N+](=O)[O-]. The topological polar surface area (TPSA) is 55.2 Å². The van der Waals surface area contributed by atoms with Crippen molar-refractivity contribution in [3.63, 3.8) is 0 Å². The highest BCUT2D eigenvalue weighted by molar-refractivity contribution is 9.10. The predicted molar refractivity (Wildman–Crippen MR) is 85.1 cm³/mol. The largest absolute Gasteiger partial charge is 0.310 e. The van der Waals surface area contributed by atoms with E-state index in [4.69, 9.17) is 0 Å². The van der Waals surface area contributed by atoms with Crippen LogP contribution in [0.5, 0.6) is 0 Å². The number of nitrogens with zero attached hydrogens (tertiary/aromatic N) is 1. The predicted octanol–water partition coefficient (Wildman–Crippen LogP) is 4.14. The Morgan fingerprint density at radius 2 is 2.25 bits per heavy atom. The lowest BCUT2D eigenvalue weighted by molar-refractivity contribution is -0.385. The van der Waals surface area contributed by atoms with Crippen LogP contribution in [0.1, 0.15) is 17.4 Å². The molecule has 0 radical (unpaired) electrons. The molecular formula is C14H15BrN2O2S. The number of rotatable bonds is 6. The molecule has 0 fully saturated rings. The van der Waals surface area contributed by atoms with Gasteiger partial charge in [0, 0.05) is 33.6 Å². The van der Waals surface area contributed by atoms with Crippen LogP contribution in [0.15, 0.2) is 40.2 Å². The molecule has 6 heteroatoms. The molecule has 0 aliphatic rings. The zero-order chi connectivity index (χ0) is 14.5. The fraction of sp³-hybridized carbons (Fsp3) is 0.286. The van der Waals surface area contributed by atoms with Gasteiger partial charge >= 0.3 is 0 Å². The first kappa shape index (κ1) is 15.2. The van der Waals surface area contributed by atoms with Crippen LogP contribution in [0.25, 0.3) is 0 Å². The number of thiophene rings is 1. The Balaban J connectivity index is 1.98. The van der Waals surface area contributed by atoms with Crippen LogP contribution in [-0.2, 0) is 13.0 Å². The molecule has 1 unspecified atom stereocenters. The maximum absolute atomic E-state index is 11.0. The van der Waals surface area contributed by atoms with E-state index in [2.05, 4.69) is 39.6 Å². The van der Waals surface area contributed by atoms with E-state index in [1.807, 2.05) is 12.1 Å². The molecule has 4 nitrogen and oxygen atoms in total. The van der Waals surface area contributed by atoms with E-state index in [-0.39, 0.29) is 16.7 Å². The summed E-state index contributed by atoms with van der Waals surface area (Å²) in [7, 11) is 0. The Bertz CT molecular complexity index is 587. The molecule has 2 aromatic rings. The third kappa shape index (κ3) is 4.13. The van der Waals surface area contributed by atoms with Gasteiger partial charge in [-0.05, 0) is 36.9 Å². The van der Waals surface area contributed by atoms with Crippen molar-refractivity contribution in [2.75, 3.05) is 0 Å². The van der Waals surface area contributed by atoms with Gasteiger partial charge in [-0.25, -0.2) is 0 Å². The molecule has 0 spiro atoms. The minimum absolute atomic E-state index is 0.148. The molecule has 0 saturated heterocycles. The Morgan fingerprint density at radius 1 is 1.45 bits per heavy atom. The smallest absolute Gasteiger partial charge is 0.275 e. The maximum Gasteiger partial charge on any atom is 0.275 e. The fourth-order valence-electron chi connectivity index (χ4n) is 1.94. The standard InChI is InChI=1S/C14H15BrN2O2S/c1-10(7-13-3-2-6-20-13)16-9-11-4-5-12(15)8-14(11)17(18)19/h2-6,8,10,16H,7,9H2,1H3. The van der Waals surface area contributed by atoms with Gasteiger partial charge in [0.15, 0.2) is 0 Å². The lowest BCUT2D eigenvalue weighted by atomic mass is 10.1. The van der Waals surface area contributed by atoms with E-state index in [1.165, 1.54) is 4.88 Å². The number of halogens is 1. The Kier molecular flexibility index (Phi) is 5.28. The number of hydrogen-bond acceptors (Lipinski definition) is 4. The van der Waals surface area contributed by atoms with E-state index in [0.29, 0.717) is 12.1 Å². The number of benzene rings is 1. The number of nitro benzene ring substituents is 1. The van der Waals surface area contributed by atoms with E-state index in [0.717, 1.165) is 10.9 Å². The Morgan fingerprint density at radius 3 is 2.90 bits per heavy atom. The summed E-state index contributed by atoms with van der Waals surface area (Å²) in [6.07, 6.45) is 0.933. The van der Waals surface area contributed by atoms with Crippen molar-refractivity contribution in [1.82, 2.24) is 5.32 Å². The van der Waals surface area contributed by atoms with E-state index in [1.54, 1.807) is 23.5 Å². The molecule has 0 saturated carbocycles. The van der Waals surface area contributed by atoms with Crippen molar-refractivity contribution in [3.05, 3.63) is 60.7 Å². The monoisotopic (exact) mass is 354 g/mol. The van der Waals surface area contributed by atoms with Crippen LogP contribution in [-0.4, -0.2) is 11.0 Å². The van der Waals surface area contributed by atoms with E-state index < -0.39 is 0 Å². The summed E-state index contributed by atoms with van der Waals surface area (Å²) in [6.45, 7) is 2.58. The first-order valence-corrected chi connectivity index (χ1v) is 7.92. The number of nitrogens with one attached hydrogen (secondary N) is 1. The molecule has 1 heterocycles. The van der Waals surface area contributed by atoms with Gasteiger partial charge in [0.1, 0.15) is 0 Å². The molecule has 1 atom stereocenters. The third-order valence-electron chi connectivity index (χ3n) is 2.97. The first-order valence-electron chi connectivity index (χ1n) is 6.25. The first-order chi connectivity index (χ1) is 9.56. The highest BCUT2D eigenvalue weighted by Gasteiger charge is 2.14. The van der Waals surface area contributed by atoms with Crippen molar-refractivity contribution in [1.29, 1.82) is 0 Å².